The molecule has 1 rings (SSSR count). The molecule has 0 aromatic heterocycles. The van der Waals surface area contributed by atoms with Gasteiger partial charge in [0.1, 0.15) is 5.75 Å². The largest absolute Gasteiger partial charge is 0.496 e. The van der Waals surface area contributed by atoms with E-state index in [9.17, 15) is 0 Å². The molecule has 0 saturated heterocycles. The van der Waals surface area contributed by atoms with Crippen LogP contribution in [0.2, 0.25) is 0 Å². The smallest absolute Gasteiger partial charge is 0.122 e. The molecule has 0 unspecified atom stereocenters. The van der Waals surface area contributed by atoms with Crippen LogP contribution in [0, 0.1) is 11.3 Å². The third-order valence-electron chi connectivity index (χ3n) is 2.35. The summed E-state index contributed by atoms with van der Waals surface area (Å²) in [6, 6.07) is 7.70. The lowest BCUT2D eigenvalue weighted by Gasteiger charge is -2.11. The van der Waals surface area contributed by atoms with Crippen LogP contribution in [-0.4, -0.2) is 38.4 Å². The van der Waals surface area contributed by atoms with Gasteiger partial charge in [0.15, 0.2) is 0 Å². The monoisotopic (exact) mass is 250 g/mol. The first-order valence-electron chi connectivity index (χ1n) is 5.47. The van der Waals surface area contributed by atoms with Crippen molar-refractivity contribution in [2.24, 2.45) is 0 Å². The van der Waals surface area contributed by atoms with E-state index in [0.29, 0.717) is 5.56 Å². The number of rotatable bonds is 6. The maximum absolute atomic E-state index is 8.87. The molecule has 0 fully saturated rings. The fraction of sp³-hybridized carbons (Fsp3) is 0.462. The van der Waals surface area contributed by atoms with Gasteiger partial charge < -0.3 is 9.64 Å². The Balaban J connectivity index is 2.59. The van der Waals surface area contributed by atoms with Crippen LogP contribution in [0.5, 0.6) is 5.75 Å². The molecule has 0 bridgehead atoms. The maximum atomic E-state index is 8.87. The minimum Gasteiger partial charge on any atom is -0.496 e. The third-order valence-corrected chi connectivity index (χ3v) is 3.34. The van der Waals surface area contributed by atoms with E-state index in [2.05, 4.69) is 25.1 Å². The van der Waals surface area contributed by atoms with Gasteiger partial charge in [-0.1, -0.05) is 0 Å². The fourth-order valence-electron chi connectivity index (χ4n) is 1.39. The van der Waals surface area contributed by atoms with Crippen molar-refractivity contribution in [1.82, 2.24) is 4.90 Å². The van der Waals surface area contributed by atoms with Crippen molar-refractivity contribution in [3.63, 3.8) is 0 Å². The molecule has 4 heteroatoms. The lowest BCUT2D eigenvalue weighted by atomic mass is 10.1. The van der Waals surface area contributed by atoms with Crippen LogP contribution < -0.4 is 4.74 Å². The number of hydrogen-bond acceptors (Lipinski definition) is 4. The Kier molecular flexibility index (Phi) is 5.88. The predicted molar refractivity (Wildman–Crippen MR) is 72.4 cm³/mol. The summed E-state index contributed by atoms with van der Waals surface area (Å²) in [6.45, 7) is 1.06. The summed E-state index contributed by atoms with van der Waals surface area (Å²) >= 11 is 1.85. The summed E-state index contributed by atoms with van der Waals surface area (Å²) in [5.74, 6) is 2.82. The first-order chi connectivity index (χ1) is 8.17. The Hall–Kier alpha value is -1.18. The molecule has 0 N–H and O–H groups in total. The Morgan fingerprint density at radius 3 is 2.76 bits per heavy atom. The average molecular weight is 250 g/mol. The Morgan fingerprint density at radius 2 is 2.18 bits per heavy atom. The second kappa shape index (κ2) is 7.21. The van der Waals surface area contributed by atoms with E-state index in [1.54, 1.807) is 13.2 Å². The van der Waals surface area contributed by atoms with Gasteiger partial charge in [0.05, 0.1) is 18.7 Å². The van der Waals surface area contributed by atoms with E-state index in [0.717, 1.165) is 29.4 Å². The molecule has 0 aliphatic heterocycles. The van der Waals surface area contributed by atoms with Crippen molar-refractivity contribution in [1.29, 1.82) is 5.26 Å². The molecule has 0 spiro atoms. The number of nitrogens with zero attached hydrogens (tertiary/aromatic N) is 2. The lowest BCUT2D eigenvalue weighted by molar-refractivity contribution is 0.411. The number of thioether (sulfide) groups is 1. The Bertz CT molecular complexity index is 399. The van der Waals surface area contributed by atoms with Gasteiger partial charge in [-0.2, -0.15) is 17.0 Å². The quantitative estimate of drug-likeness (QED) is 0.726. The second-order valence-corrected chi connectivity index (χ2v) is 5.10. The normalized spacial score (nSPS) is 10.3. The van der Waals surface area contributed by atoms with Gasteiger partial charge >= 0.3 is 0 Å². The minimum atomic E-state index is 0.689. The zero-order valence-corrected chi connectivity index (χ0v) is 11.4. The number of benzene rings is 1. The van der Waals surface area contributed by atoms with Gasteiger partial charge in [0.25, 0.3) is 0 Å². The molecule has 0 aliphatic carbocycles. The summed E-state index contributed by atoms with van der Waals surface area (Å²) in [6.07, 6.45) is 0. The van der Waals surface area contributed by atoms with Gasteiger partial charge in [-0.05, 0) is 32.3 Å². The fourth-order valence-corrected chi connectivity index (χ4v) is 2.47. The molecule has 92 valence electrons. The second-order valence-electron chi connectivity index (χ2n) is 3.99. The average Bonchev–Trinajstić information content (AvgIpc) is 2.34. The molecule has 0 amide bonds. The van der Waals surface area contributed by atoms with Crippen LogP contribution in [-0.2, 0) is 5.75 Å². The van der Waals surface area contributed by atoms with Crippen molar-refractivity contribution in [3.05, 3.63) is 29.3 Å². The van der Waals surface area contributed by atoms with E-state index in [1.807, 2.05) is 23.9 Å². The highest BCUT2D eigenvalue weighted by molar-refractivity contribution is 7.98. The molecule has 1 aromatic rings. The highest BCUT2D eigenvalue weighted by Gasteiger charge is 2.04. The summed E-state index contributed by atoms with van der Waals surface area (Å²) in [4.78, 5) is 2.16. The van der Waals surface area contributed by atoms with Crippen LogP contribution in [0.4, 0.5) is 0 Å². The number of ether oxygens (including phenoxy) is 1. The van der Waals surface area contributed by atoms with E-state index in [-0.39, 0.29) is 0 Å². The highest BCUT2D eigenvalue weighted by atomic mass is 32.2. The van der Waals surface area contributed by atoms with Gasteiger partial charge in [0.2, 0.25) is 0 Å². The SMILES string of the molecule is COc1ccc(C#N)cc1CSCCN(C)C. The topological polar surface area (TPSA) is 36.3 Å². The number of methoxy groups -OCH3 is 1. The molecule has 17 heavy (non-hydrogen) atoms. The van der Waals surface area contributed by atoms with Crippen LogP contribution in [0.15, 0.2) is 18.2 Å². The van der Waals surface area contributed by atoms with Crippen LogP contribution in [0.3, 0.4) is 0 Å². The first-order valence-corrected chi connectivity index (χ1v) is 6.62. The molecular formula is C13H18N2OS. The highest BCUT2D eigenvalue weighted by Crippen LogP contribution is 2.24. The van der Waals surface area contributed by atoms with Gasteiger partial charge in [-0.15, -0.1) is 0 Å². The molecule has 0 aliphatic rings. The van der Waals surface area contributed by atoms with Crippen molar-refractivity contribution < 1.29 is 4.74 Å². The summed E-state index contributed by atoms with van der Waals surface area (Å²) in [7, 11) is 5.80. The molecule has 0 radical (unpaired) electrons. The lowest BCUT2D eigenvalue weighted by Crippen LogP contribution is -2.14. The van der Waals surface area contributed by atoms with Crippen molar-refractivity contribution in [2.75, 3.05) is 33.5 Å². The van der Waals surface area contributed by atoms with Crippen molar-refractivity contribution in [2.45, 2.75) is 5.75 Å². The molecular weight excluding hydrogens is 232 g/mol. The molecule has 3 nitrogen and oxygen atoms in total. The van der Waals surface area contributed by atoms with Crippen LogP contribution >= 0.6 is 11.8 Å². The minimum absolute atomic E-state index is 0.689. The summed E-state index contributed by atoms with van der Waals surface area (Å²) < 4.78 is 5.29. The summed E-state index contributed by atoms with van der Waals surface area (Å²) in [5, 5.41) is 8.87. The number of hydrogen-bond donors (Lipinski definition) is 0. The van der Waals surface area contributed by atoms with E-state index >= 15 is 0 Å². The van der Waals surface area contributed by atoms with E-state index in [4.69, 9.17) is 10.00 Å². The Morgan fingerprint density at radius 1 is 1.41 bits per heavy atom. The van der Waals surface area contributed by atoms with Crippen molar-refractivity contribution in [3.8, 4) is 11.8 Å². The standard InChI is InChI=1S/C13H18N2OS/c1-15(2)6-7-17-10-12-8-11(9-14)4-5-13(12)16-3/h4-5,8H,6-7,10H2,1-3H3. The van der Waals surface area contributed by atoms with Crippen molar-refractivity contribution >= 4 is 11.8 Å². The van der Waals surface area contributed by atoms with E-state index in [1.165, 1.54) is 0 Å². The first kappa shape index (κ1) is 13.9. The zero-order chi connectivity index (χ0) is 12.7. The van der Waals surface area contributed by atoms with Gasteiger partial charge in [-0.3, -0.25) is 0 Å². The maximum Gasteiger partial charge on any atom is 0.122 e. The third kappa shape index (κ3) is 4.68. The van der Waals surface area contributed by atoms with Crippen LogP contribution in [0.25, 0.3) is 0 Å². The van der Waals surface area contributed by atoms with Gasteiger partial charge in [0, 0.05) is 23.6 Å². The zero-order valence-electron chi connectivity index (χ0n) is 10.6. The summed E-state index contributed by atoms with van der Waals surface area (Å²) in [5.41, 5.74) is 1.78. The molecule has 1 aromatic carbocycles. The predicted octanol–water partition coefficient (Wildman–Crippen LogP) is 2.36. The Labute approximate surface area is 107 Å². The van der Waals surface area contributed by atoms with Gasteiger partial charge in [-0.25, -0.2) is 0 Å². The van der Waals surface area contributed by atoms with E-state index < -0.39 is 0 Å². The number of nitriles is 1. The molecule has 0 saturated carbocycles. The molecule has 0 atom stereocenters. The van der Waals surface area contributed by atoms with Crippen LogP contribution in [0.1, 0.15) is 11.1 Å². The molecule has 0 heterocycles.